The Kier molecular flexibility index (Phi) is 4.70. The average Bonchev–Trinajstić information content (AvgIpc) is 2.47. The van der Waals surface area contributed by atoms with Gasteiger partial charge in [0.1, 0.15) is 17.1 Å². The van der Waals surface area contributed by atoms with E-state index in [-0.39, 0.29) is 28.1 Å². The molecule has 0 unspecified atom stereocenters. The van der Waals surface area contributed by atoms with Crippen molar-refractivity contribution in [1.29, 1.82) is 0 Å². The number of hydrogen-bond donors (Lipinski definition) is 3. The number of rotatable bonds is 2. The molecule has 0 radical (unpaired) electrons. The van der Waals surface area contributed by atoms with Gasteiger partial charge in [0.25, 0.3) is 5.56 Å². The summed E-state index contributed by atoms with van der Waals surface area (Å²) in [5, 5.41) is 18.7. The number of nitrogens with two attached hydrogens (primary N) is 1. The number of benzene rings is 1. The predicted octanol–water partition coefficient (Wildman–Crippen LogP) is 4.07. The summed E-state index contributed by atoms with van der Waals surface area (Å²) in [6, 6.07) is 3.78. The molecule has 0 aliphatic heterocycles. The third kappa shape index (κ3) is 4.04. The molecule has 2 rings (SSSR count). The van der Waals surface area contributed by atoms with E-state index in [0.29, 0.717) is 5.69 Å². The van der Waals surface area contributed by atoms with Crippen molar-refractivity contribution in [3.05, 3.63) is 39.9 Å². The number of aromatic hydroxyl groups is 1. The van der Waals surface area contributed by atoms with Crippen LogP contribution in [0.15, 0.2) is 33.5 Å². The summed E-state index contributed by atoms with van der Waals surface area (Å²) in [4.78, 5) is 17.8. The fraction of sp³-hybridized carbons (Fsp3) is 0.444. The van der Waals surface area contributed by atoms with Gasteiger partial charge in [-0.25, -0.2) is 4.98 Å². The first kappa shape index (κ1) is 18.6. The maximum Gasteiger partial charge on any atom is 0.276 e. The summed E-state index contributed by atoms with van der Waals surface area (Å²) in [7, 11) is 0. The topological polar surface area (TPSA) is 117 Å². The van der Waals surface area contributed by atoms with Crippen molar-refractivity contribution in [2.75, 3.05) is 5.73 Å². The van der Waals surface area contributed by atoms with Crippen LogP contribution in [0, 0.1) is 0 Å². The first-order valence-corrected chi connectivity index (χ1v) is 8.04. The van der Waals surface area contributed by atoms with Crippen LogP contribution in [0.3, 0.4) is 0 Å². The Labute approximate surface area is 147 Å². The molecule has 0 aliphatic carbocycles. The van der Waals surface area contributed by atoms with Crippen LogP contribution in [0.4, 0.5) is 17.2 Å². The minimum Gasteiger partial charge on any atom is -0.505 e. The van der Waals surface area contributed by atoms with Crippen molar-refractivity contribution in [1.82, 2.24) is 9.97 Å². The lowest BCUT2D eigenvalue weighted by molar-refractivity contribution is 0.446. The monoisotopic (exact) mass is 343 g/mol. The number of H-pyrrole nitrogens is 1. The number of anilines is 1. The number of phenolic OH excluding ortho intramolecular Hbond substituents is 1. The zero-order valence-corrected chi connectivity index (χ0v) is 15.5. The lowest BCUT2D eigenvalue weighted by Gasteiger charge is -2.26. The van der Waals surface area contributed by atoms with Crippen LogP contribution < -0.4 is 11.3 Å². The predicted molar refractivity (Wildman–Crippen MR) is 99.0 cm³/mol. The van der Waals surface area contributed by atoms with Crippen LogP contribution in [0.1, 0.15) is 52.7 Å². The maximum absolute atomic E-state index is 11.5. The normalized spacial score (nSPS) is 12.7. The van der Waals surface area contributed by atoms with Crippen LogP contribution in [0.2, 0.25) is 0 Å². The van der Waals surface area contributed by atoms with Gasteiger partial charge in [-0.2, -0.15) is 0 Å². The summed E-state index contributed by atoms with van der Waals surface area (Å²) < 4.78 is 0. The van der Waals surface area contributed by atoms with Gasteiger partial charge < -0.3 is 15.8 Å². The molecule has 7 nitrogen and oxygen atoms in total. The second kappa shape index (κ2) is 6.31. The number of azo groups is 1. The number of nitrogen functional groups attached to an aromatic ring is 1. The van der Waals surface area contributed by atoms with Gasteiger partial charge in [0.2, 0.25) is 5.82 Å². The van der Waals surface area contributed by atoms with Gasteiger partial charge in [-0.3, -0.25) is 4.79 Å². The van der Waals surface area contributed by atoms with E-state index in [1.54, 1.807) is 6.07 Å². The van der Waals surface area contributed by atoms with Crippen molar-refractivity contribution >= 4 is 17.2 Å². The van der Waals surface area contributed by atoms with Crippen LogP contribution in [-0.2, 0) is 10.8 Å². The second-order valence-corrected chi connectivity index (χ2v) is 8.06. The Hall–Kier alpha value is -2.70. The van der Waals surface area contributed by atoms with Crippen molar-refractivity contribution in [2.24, 2.45) is 10.2 Å². The van der Waals surface area contributed by atoms with Gasteiger partial charge in [-0.05, 0) is 22.5 Å². The number of phenols is 1. The summed E-state index contributed by atoms with van der Waals surface area (Å²) in [5.74, 6) is 0.0780. The van der Waals surface area contributed by atoms with E-state index in [4.69, 9.17) is 5.73 Å². The van der Waals surface area contributed by atoms with E-state index in [9.17, 15) is 9.90 Å². The Balaban J connectivity index is 2.62. The van der Waals surface area contributed by atoms with Gasteiger partial charge in [-0.15, -0.1) is 10.2 Å². The summed E-state index contributed by atoms with van der Waals surface area (Å²) in [6.45, 7) is 12.3. The first-order valence-electron chi connectivity index (χ1n) is 8.04. The molecule has 1 aromatic heterocycles. The van der Waals surface area contributed by atoms with Gasteiger partial charge >= 0.3 is 0 Å². The standard InChI is InChI=1S/C18H25N5O2/c1-17(2,3)10-7-11(18(4,5)6)14(24)12(8-10)22-23-15-13(19)16(25)21-9-20-15/h7-9,24H,19H2,1-6H3,(H,20,21,25). The number of nitrogens with one attached hydrogen (secondary N) is 1. The molecule has 0 atom stereocenters. The molecule has 0 saturated heterocycles. The molecule has 1 aromatic carbocycles. The molecule has 7 heteroatoms. The molecule has 0 bridgehead atoms. The van der Waals surface area contributed by atoms with Crippen LogP contribution >= 0.6 is 0 Å². The van der Waals surface area contributed by atoms with Crippen LogP contribution in [0.25, 0.3) is 0 Å². The molecule has 0 saturated carbocycles. The second-order valence-electron chi connectivity index (χ2n) is 8.06. The van der Waals surface area contributed by atoms with Gasteiger partial charge in [0, 0.05) is 5.56 Å². The number of aromatic nitrogens is 2. The largest absolute Gasteiger partial charge is 0.505 e. The van der Waals surface area contributed by atoms with E-state index in [2.05, 4.69) is 41.0 Å². The smallest absolute Gasteiger partial charge is 0.276 e. The van der Waals surface area contributed by atoms with Gasteiger partial charge in [0.15, 0.2) is 0 Å². The van der Waals surface area contributed by atoms with Crippen LogP contribution in [0.5, 0.6) is 5.75 Å². The SMILES string of the molecule is CC(C)(C)c1cc(N=Nc2nc[nH]c(=O)c2N)c(O)c(C(C)(C)C)c1. The molecule has 0 amide bonds. The van der Waals surface area contributed by atoms with E-state index in [1.165, 1.54) is 6.33 Å². The lowest BCUT2D eigenvalue weighted by Crippen LogP contribution is -2.16. The minimum absolute atomic E-state index is 0.0154. The molecule has 25 heavy (non-hydrogen) atoms. The van der Waals surface area contributed by atoms with E-state index < -0.39 is 5.56 Å². The first-order chi connectivity index (χ1) is 11.4. The highest BCUT2D eigenvalue weighted by Crippen LogP contribution is 2.42. The van der Waals surface area contributed by atoms with Crippen molar-refractivity contribution < 1.29 is 5.11 Å². The summed E-state index contributed by atoms with van der Waals surface area (Å²) in [6.07, 6.45) is 1.21. The number of nitrogens with zero attached hydrogens (tertiary/aromatic N) is 3. The fourth-order valence-corrected chi connectivity index (χ4v) is 2.28. The highest BCUT2D eigenvalue weighted by atomic mass is 16.3. The zero-order chi connectivity index (χ0) is 19.0. The maximum atomic E-state index is 11.5. The molecular weight excluding hydrogens is 318 g/mol. The minimum atomic E-state index is -0.480. The Morgan fingerprint density at radius 2 is 1.72 bits per heavy atom. The van der Waals surface area contributed by atoms with Crippen molar-refractivity contribution in [3.63, 3.8) is 0 Å². The molecule has 1 heterocycles. The average molecular weight is 343 g/mol. The van der Waals surface area contributed by atoms with E-state index in [1.807, 2.05) is 26.8 Å². The number of hydrogen-bond acceptors (Lipinski definition) is 6. The molecular formula is C18H25N5O2. The molecule has 0 spiro atoms. The fourth-order valence-electron chi connectivity index (χ4n) is 2.28. The molecule has 134 valence electrons. The highest BCUT2D eigenvalue weighted by Gasteiger charge is 2.25. The Bertz CT molecular complexity index is 871. The van der Waals surface area contributed by atoms with E-state index in [0.717, 1.165) is 11.1 Å². The molecule has 0 fully saturated rings. The van der Waals surface area contributed by atoms with E-state index >= 15 is 0 Å². The summed E-state index contributed by atoms with van der Waals surface area (Å²) >= 11 is 0. The van der Waals surface area contributed by atoms with Crippen molar-refractivity contribution in [2.45, 2.75) is 52.4 Å². The zero-order valence-electron chi connectivity index (χ0n) is 15.5. The van der Waals surface area contributed by atoms with Gasteiger partial charge in [-0.1, -0.05) is 47.6 Å². The third-order valence-corrected chi connectivity index (χ3v) is 3.88. The molecule has 2 aromatic rings. The lowest BCUT2D eigenvalue weighted by atomic mass is 9.80. The highest BCUT2D eigenvalue weighted by molar-refractivity contribution is 5.61. The van der Waals surface area contributed by atoms with Gasteiger partial charge in [0.05, 0.1) is 6.33 Å². The van der Waals surface area contributed by atoms with Crippen LogP contribution in [-0.4, -0.2) is 15.1 Å². The third-order valence-electron chi connectivity index (χ3n) is 3.88. The quantitative estimate of drug-likeness (QED) is 0.712. The summed E-state index contributed by atoms with van der Waals surface area (Å²) in [5.41, 5.74) is 6.79. The number of aromatic amines is 1. The molecule has 4 N–H and O–H groups in total. The Morgan fingerprint density at radius 1 is 1.08 bits per heavy atom. The van der Waals surface area contributed by atoms with Crippen molar-refractivity contribution in [3.8, 4) is 5.75 Å². The Morgan fingerprint density at radius 3 is 2.28 bits per heavy atom. The molecule has 0 aliphatic rings.